The van der Waals surface area contributed by atoms with Crippen LogP contribution in [0.1, 0.15) is 21.7 Å². The molecule has 0 radical (unpaired) electrons. The minimum absolute atomic E-state index is 0.189. The van der Waals surface area contributed by atoms with Gasteiger partial charge in [0.25, 0.3) is 11.8 Å². The molecule has 0 bridgehead atoms. The fourth-order valence-corrected chi connectivity index (χ4v) is 3.11. The number of amides is 1. The van der Waals surface area contributed by atoms with Crippen molar-refractivity contribution in [3.05, 3.63) is 76.7 Å². The van der Waals surface area contributed by atoms with Crippen molar-refractivity contribution in [2.75, 3.05) is 24.7 Å². The first-order valence-electron chi connectivity index (χ1n) is 10.3. The van der Waals surface area contributed by atoms with Crippen LogP contribution in [-0.4, -0.2) is 44.8 Å². The van der Waals surface area contributed by atoms with Crippen molar-refractivity contribution in [3.63, 3.8) is 0 Å². The number of aromatic nitrogens is 4. The molecule has 0 aliphatic heterocycles. The molecule has 0 saturated heterocycles. The molecule has 4 rings (SSSR count). The number of nitrogens with two attached hydrogens (primary N) is 1. The second kappa shape index (κ2) is 11.7. The van der Waals surface area contributed by atoms with Gasteiger partial charge in [0.2, 0.25) is 5.95 Å². The van der Waals surface area contributed by atoms with Crippen LogP contribution in [-0.2, 0) is 6.42 Å². The van der Waals surface area contributed by atoms with Gasteiger partial charge in [-0.25, -0.2) is 4.98 Å². The summed E-state index contributed by atoms with van der Waals surface area (Å²) < 4.78 is 5.05. The molecular formula is C23H24ClN7O3. The van der Waals surface area contributed by atoms with Gasteiger partial charge in [0.15, 0.2) is 5.82 Å². The average molecular weight is 482 g/mol. The molecule has 0 atom stereocenters. The number of hydrogen-bond acceptors (Lipinski definition) is 9. The molecule has 0 aliphatic carbocycles. The molecule has 0 saturated carbocycles. The molecule has 0 spiro atoms. The molecule has 34 heavy (non-hydrogen) atoms. The molecule has 2 heterocycles. The van der Waals surface area contributed by atoms with Crippen LogP contribution < -0.4 is 16.4 Å². The Morgan fingerprint density at radius 1 is 1.18 bits per heavy atom. The Bertz CT molecular complexity index is 1250. The van der Waals surface area contributed by atoms with E-state index in [1.54, 1.807) is 25.1 Å². The van der Waals surface area contributed by atoms with Crippen molar-refractivity contribution in [3.8, 4) is 11.5 Å². The Labute approximate surface area is 201 Å². The summed E-state index contributed by atoms with van der Waals surface area (Å²) in [6.45, 7) is 1.94. The maximum atomic E-state index is 11.6. The molecular weight excluding hydrogens is 458 g/mol. The summed E-state index contributed by atoms with van der Waals surface area (Å²) in [5.74, 6) is 0.925. The average Bonchev–Trinajstić information content (AvgIpc) is 3.26. The zero-order valence-electron chi connectivity index (χ0n) is 18.6. The number of halogens is 1. The van der Waals surface area contributed by atoms with Crippen LogP contribution in [0, 0.1) is 6.92 Å². The van der Waals surface area contributed by atoms with Crippen LogP contribution in [0.3, 0.4) is 0 Å². The van der Waals surface area contributed by atoms with E-state index in [1.807, 2.05) is 30.3 Å². The first kappa shape index (κ1) is 24.6. The number of rotatable bonds is 6. The van der Waals surface area contributed by atoms with Crippen molar-refractivity contribution in [1.29, 1.82) is 0 Å². The van der Waals surface area contributed by atoms with Gasteiger partial charge >= 0.3 is 0 Å². The Kier molecular flexibility index (Phi) is 8.49. The molecule has 1 amide bonds. The topological polar surface area (TPSA) is 152 Å². The van der Waals surface area contributed by atoms with Crippen LogP contribution in [0.4, 0.5) is 17.5 Å². The van der Waals surface area contributed by atoms with Crippen LogP contribution >= 0.6 is 11.6 Å². The van der Waals surface area contributed by atoms with Crippen molar-refractivity contribution < 1.29 is 14.4 Å². The largest absolute Gasteiger partial charge is 0.396 e. The van der Waals surface area contributed by atoms with Gasteiger partial charge in [-0.3, -0.25) is 4.79 Å². The summed E-state index contributed by atoms with van der Waals surface area (Å²) >= 11 is 6.11. The summed E-state index contributed by atoms with van der Waals surface area (Å²) in [6, 6.07) is 14.8. The molecule has 10 nitrogen and oxygen atoms in total. The molecule has 0 aliphatic rings. The lowest BCUT2D eigenvalue weighted by atomic mass is 10.2. The van der Waals surface area contributed by atoms with Crippen molar-refractivity contribution in [2.24, 2.45) is 0 Å². The zero-order chi connectivity index (χ0) is 24.5. The van der Waals surface area contributed by atoms with Gasteiger partial charge in [0.1, 0.15) is 11.4 Å². The van der Waals surface area contributed by atoms with E-state index < -0.39 is 0 Å². The Balaban J connectivity index is 0.000000302. The normalized spacial score (nSPS) is 10.2. The van der Waals surface area contributed by atoms with Crippen molar-refractivity contribution >= 4 is 35.0 Å². The number of hydrogen-bond donors (Lipinski definition) is 4. The third kappa shape index (κ3) is 6.50. The molecule has 176 valence electrons. The highest BCUT2D eigenvalue weighted by atomic mass is 35.5. The number of nitrogens with zero attached hydrogens (tertiary/aromatic N) is 4. The SMILES string of the molecule is CNC(=O)c1ccc(Nc2ncc(-c3nc(C)no3)c(N)n2)cc1Cl.OCCc1ccccc1. The molecule has 5 N–H and O–H groups in total. The Morgan fingerprint density at radius 2 is 1.94 bits per heavy atom. The first-order valence-corrected chi connectivity index (χ1v) is 10.7. The lowest BCUT2D eigenvalue weighted by Crippen LogP contribution is -2.18. The summed E-state index contributed by atoms with van der Waals surface area (Å²) in [5, 5.41) is 18.0. The number of aliphatic hydroxyl groups excluding tert-OH is 1. The van der Waals surface area contributed by atoms with Gasteiger partial charge in [-0.15, -0.1) is 0 Å². The Morgan fingerprint density at radius 3 is 2.53 bits per heavy atom. The number of anilines is 3. The van der Waals surface area contributed by atoms with Crippen molar-refractivity contribution in [1.82, 2.24) is 25.4 Å². The Hall–Kier alpha value is -4.02. The summed E-state index contributed by atoms with van der Waals surface area (Å²) in [4.78, 5) is 24.1. The third-order valence-electron chi connectivity index (χ3n) is 4.52. The number of nitrogen functional groups attached to an aromatic ring is 1. The lowest BCUT2D eigenvalue weighted by Gasteiger charge is -2.09. The molecule has 4 aromatic rings. The lowest BCUT2D eigenvalue weighted by molar-refractivity contribution is 0.0963. The molecule has 11 heteroatoms. The smallest absolute Gasteiger partial charge is 0.263 e. The highest BCUT2D eigenvalue weighted by Gasteiger charge is 2.14. The van der Waals surface area contributed by atoms with Crippen LogP contribution in [0.25, 0.3) is 11.5 Å². The molecule has 2 aromatic carbocycles. The fraction of sp³-hybridized carbons (Fsp3) is 0.174. The quantitative estimate of drug-likeness (QED) is 0.324. The zero-order valence-corrected chi connectivity index (χ0v) is 19.4. The highest BCUT2D eigenvalue weighted by Crippen LogP contribution is 2.26. The summed E-state index contributed by atoms with van der Waals surface area (Å²) in [6.07, 6.45) is 2.25. The summed E-state index contributed by atoms with van der Waals surface area (Å²) in [5.41, 5.74) is 8.55. The van der Waals surface area contributed by atoms with Gasteiger partial charge in [0.05, 0.1) is 10.6 Å². The predicted molar refractivity (Wildman–Crippen MR) is 130 cm³/mol. The van der Waals surface area contributed by atoms with Crippen LogP contribution in [0.5, 0.6) is 0 Å². The monoisotopic (exact) mass is 481 g/mol. The second-order valence-electron chi connectivity index (χ2n) is 7.00. The van der Waals surface area contributed by atoms with Crippen LogP contribution in [0.2, 0.25) is 5.02 Å². The number of carbonyl (C=O) groups excluding carboxylic acids is 1. The van der Waals surface area contributed by atoms with E-state index in [-0.39, 0.29) is 30.2 Å². The maximum Gasteiger partial charge on any atom is 0.263 e. The number of carbonyl (C=O) groups is 1. The molecule has 0 unspecified atom stereocenters. The van der Waals surface area contributed by atoms with E-state index in [4.69, 9.17) is 27.0 Å². The standard InChI is InChI=1S/C15H14ClN7O2.C8H10O/c1-7-20-14(25-23-7)10-6-19-15(22-12(10)17)21-8-3-4-9(11(16)5-8)13(24)18-2;9-7-6-8-4-2-1-3-5-8/h3-6H,1-2H3,(H,18,24)(H3,17,19,21,22);1-5,9H,6-7H2. The number of aliphatic hydroxyl groups is 1. The van der Waals surface area contributed by atoms with E-state index in [1.165, 1.54) is 18.8 Å². The van der Waals surface area contributed by atoms with Crippen LogP contribution in [0.15, 0.2) is 59.3 Å². The van der Waals surface area contributed by atoms with Gasteiger partial charge in [-0.2, -0.15) is 9.97 Å². The van der Waals surface area contributed by atoms with Crippen molar-refractivity contribution in [2.45, 2.75) is 13.3 Å². The predicted octanol–water partition coefficient (Wildman–Crippen LogP) is 3.40. The van der Waals surface area contributed by atoms with E-state index in [0.717, 1.165) is 6.42 Å². The van der Waals surface area contributed by atoms with Gasteiger partial charge in [-0.05, 0) is 37.1 Å². The first-order chi connectivity index (χ1) is 16.4. The van der Waals surface area contributed by atoms with E-state index in [2.05, 4.69) is 30.7 Å². The van der Waals surface area contributed by atoms with E-state index in [0.29, 0.717) is 27.7 Å². The molecule has 0 fully saturated rings. The van der Waals surface area contributed by atoms with Gasteiger partial charge < -0.3 is 26.0 Å². The second-order valence-corrected chi connectivity index (χ2v) is 7.40. The molecule has 2 aromatic heterocycles. The maximum absolute atomic E-state index is 11.6. The minimum Gasteiger partial charge on any atom is -0.396 e. The fourth-order valence-electron chi connectivity index (χ4n) is 2.84. The number of benzene rings is 2. The third-order valence-corrected chi connectivity index (χ3v) is 4.83. The van der Waals surface area contributed by atoms with E-state index in [9.17, 15) is 4.79 Å². The van der Waals surface area contributed by atoms with Gasteiger partial charge in [0, 0.05) is 25.5 Å². The van der Waals surface area contributed by atoms with Gasteiger partial charge in [-0.1, -0.05) is 47.1 Å². The van der Waals surface area contributed by atoms with E-state index >= 15 is 0 Å². The number of nitrogens with one attached hydrogen (secondary N) is 2. The highest BCUT2D eigenvalue weighted by molar-refractivity contribution is 6.34. The number of aryl methyl sites for hydroxylation is 1. The minimum atomic E-state index is -0.267. The summed E-state index contributed by atoms with van der Waals surface area (Å²) in [7, 11) is 1.54.